The lowest BCUT2D eigenvalue weighted by molar-refractivity contribution is -0.122. The van der Waals surface area contributed by atoms with E-state index < -0.39 is 11.9 Å². The van der Waals surface area contributed by atoms with Crippen molar-refractivity contribution >= 4 is 34.8 Å². The molecule has 0 radical (unpaired) electrons. The van der Waals surface area contributed by atoms with Crippen LogP contribution in [0.4, 0.5) is 17.1 Å². The molecule has 2 amide bonds. The van der Waals surface area contributed by atoms with Gasteiger partial charge in [0.1, 0.15) is 0 Å². The van der Waals surface area contributed by atoms with Crippen LogP contribution in [0.2, 0.25) is 0 Å². The van der Waals surface area contributed by atoms with E-state index in [1.807, 2.05) is 24.3 Å². The van der Waals surface area contributed by atoms with E-state index in [-0.39, 0.29) is 23.8 Å². The first-order valence-electron chi connectivity index (χ1n) is 9.81. The van der Waals surface area contributed by atoms with E-state index in [0.717, 1.165) is 24.5 Å². The number of hydrogen-bond acceptors (Lipinski definition) is 4. The first-order chi connectivity index (χ1) is 14.0. The molecule has 2 saturated heterocycles. The minimum absolute atomic E-state index is 0.0849. The maximum atomic E-state index is 12.6. The normalized spacial score (nSPS) is 18.9. The standard InChI is InChI=1S/C22H23N3O4/c26-20-13-16(21(27)23-17-5-3-4-15(12-17)22(28)29)14-25(20)19-8-6-18(7-9-19)24-10-1-2-11-24/h3-9,12,16H,1-2,10-11,13-14H2,(H,23,27)(H,28,29). The van der Waals surface area contributed by atoms with E-state index in [0.29, 0.717) is 12.2 Å². The second kappa shape index (κ2) is 7.95. The Balaban J connectivity index is 1.41. The summed E-state index contributed by atoms with van der Waals surface area (Å²) < 4.78 is 0. The second-order valence-electron chi connectivity index (χ2n) is 7.49. The van der Waals surface area contributed by atoms with Crippen LogP contribution in [0.15, 0.2) is 48.5 Å². The van der Waals surface area contributed by atoms with Crippen molar-refractivity contribution in [3.63, 3.8) is 0 Å². The SMILES string of the molecule is O=C(O)c1cccc(NC(=O)C2CC(=O)N(c3ccc(N4CCCC4)cc3)C2)c1. The van der Waals surface area contributed by atoms with Crippen LogP contribution in [0.3, 0.4) is 0 Å². The molecular weight excluding hydrogens is 370 g/mol. The Bertz CT molecular complexity index is 935. The molecule has 0 aliphatic carbocycles. The lowest BCUT2D eigenvalue weighted by Crippen LogP contribution is -2.28. The zero-order valence-electron chi connectivity index (χ0n) is 16.0. The van der Waals surface area contributed by atoms with Gasteiger partial charge in [0.25, 0.3) is 0 Å². The van der Waals surface area contributed by atoms with Crippen LogP contribution >= 0.6 is 0 Å². The summed E-state index contributed by atoms with van der Waals surface area (Å²) in [6.07, 6.45) is 2.55. The molecule has 7 heteroatoms. The molecular formula is C22H23N3O4. The predicted molar refractivity (Wildman–Crippen MR) is 110 cm³/mol. The van der Waals surface area contributed by atoms with Gasteiger partial charge < -0.3 is 20.2 Å². The van der Waals surface area contributed by atoms with Crippen molar-refractivity contribution < 1.29 is 19.5 Å². The minimum Gasteiger partial charge on any atom is -0.478 e. The van der Waals surface area contributed by atoms with Gasteiger partial charge in [-0.3, -0.25) is 9.59 Å². The first kappa shape index (κ1) is 19.0. The Kier molecular flexibility index (Phi) is 5.20. The van der Waals surface area contributed by atoms with E-state index in [2.05, 4.69) is 10.2 Å². The van der Waals surface area contributed by atoms with Crippen LogP contribution in [-0.2, 0) is 9.59 Å². The molecule has 2 aromatic carbocycles. The number of amides is 2. The number of rotatable bonds is 5. The Labute approximate surface area is 168 Å². The molecule has 2 aliphatic rings. The highest BCUT2D eigenvalue weighted by Crippen LogP contribution is 2.29. The first-order valence-corrected chi connectivity index (χ1v) is 9.81. The van der Waals surface area contributed by atoms with Crippen molar-refractivity contribution in [3.05, 3.63) is 54.1 Å². The summed E-state index contributed by atoms with van der Waals surface area (Å²) in [4.78, 5) is 40.1. The molecule has 150 valence electrons. The van der Waals surface area contributed by atoms with Crippen molar-refractivity contribution in [2.24, 2.45) is 5.92 Å². The molecule has 2 fully saturated rings. The summed E-state index contributed by atoms with van der Waals surface area (Å²) in [6, 6.07) is 14.0. The highest BCUT2D eigenvalue weighted by atomic mass is 16.4. The number of carbonyl (C=O) groups is 3. The third kappa shape index (κ3) is 4.08. The number of carbonyl (C=O) groups excluding carboxylic acids is 2. The van der Waals surface area contributed by atoms with Crippen LogP contribution < -0.4 is 15.1 Å². The van der Waals surface area contributed by atoms with Crippen LogP contribution in [-0.4, -0.2) is 42.5 Å². The molecule has 2 N–H and O–H groups in total. The topological polar surface area (TPSA) is 89.9 Å². The fourth-order valence-corrected chi connectivity index (χ4v) is 3.93. The van der Waals surface area contributed by atoms with Gasteiger partial charge in [-0.1, -0.05) is 6.07 Å². The van der Waals surface area contributed by atoms with Crippen molar-refractivity contribution in [2.45, 2.75) is 19.3 Å². The predicted octanol–water partition coefficient (Wildman–Crippen LogP) is 2.98. The highest BCUT2D eigenvalue weighted by molar-refractivity contribution is 6.04. The van der Waals surface area contributed by atoms with E-state index in [1.54, 1.807) is 17.0 Å². The average Bonchev–Trinajstić information content (AvgIpc) is 3.38. The molecule has 0 saturated carbocycles. The molecule has 7 nitrogen and oxygen atoms in total. The number of aromatic carboxylic acids is 1. The van der Waals surface area contributed by atoms with Crippen LogP contribution in [0.1, 0.15) is 29.6 Å². The van der Waals surface area contributed by atoms with Gasteiger partial charge in [0.2, 0.25) is 11.8 Å². The van der Waals surface area contributed by atoms with Gasteiger partial charge in [0, 0.05) is 43.1 Å². The lowest BCUT2D eigenvalue weighted by atomic mass is 10.1. The molecule has 2 aromatic rings. The molecule has 1 unspecified atom stereocenters. The van der Waals surface area contributed by atoms with Crippen LogP contribution in [0, 0.1) is 5.92 Å². The molecule has 0 bridgehead atoms. The van der Waals surface area contributed by atoms with E-state index >= 15 is 0 Å². The van der Waals surface area contributed by atoms with Gasteiger partial charge in [-0.2, -0.15) is 0 Å². The smallest absolute Gasteiger partial charge is 0.335 e. The highest BCUT2D eigenvalue weighted by Gasteiger charge is 2.35. The largest absolute Gasteiger partial charge is 0.478 e. The number of nitrogens with zero attached hydrogens (tertiary/aromatic N) is 2. The fraction of sp³-hybridized carbons (Fsp3) is 0.318. The zero-order chi connectivity index (χ0) is 20.4. The number of nitrogens with one attached hydrogen (secondary N) is 1. The second-order valence-corrected chi connectivity index (χ2v) is 7.49. The molecule has 4 rings (SSSR count). The average molecular weight is 393 g/mol. The van der Waals surface area contributed by atoms with E-state index in [4.69, 9.17) is 5.11 Å². The quantitative estimate of drug-likeness (QED) is 0.815. The van der Waals surface area contributed by atoms with Crippen molar-refractivity contribution in [1.82, 2.24) is 0 Å². The van der Waals surface area contributed by atoms with Gasteiger partial charge in [-0.15, -0.1) is 0 Å². The van der Waals surface area contributed by atoms with Crippen LogP contribution in [0.25, 0.3) is 0 Å². The fourth-order valence-electron chi connectivity index (χ4n) is 3.93. The molecule has 0 aromatic heterocycles. The zero-order valence-corrected chi connectivity index (χ0v) is 16.0. The summed E-state index contributed by atoms with van der Waals surface area (Å²) in [5, 5.41) is 11.8. The van der Waals surface area contributed by atoms with E-state index in [1.165, 1.54) is 25.0 Å². The van der Waals surface area contributed by atoms with Gasteiger partial charge >= 0.3 is 5.97 Å². The molecule has 2 heterocycles. The number of anilines is 3. The third-order valence-electron chi connectivity index (χ3n) is 5.51. The molecule has 29 heavy (non-hydrogen) atoms. The van der Waals surface area contributed by atoms with Gasteiger partial charge in [0.05, 0.1) is 11.5 Å². The monoisotopic (exact) mass is 393 g/mol. The minimum atomic E-state index is -1.05. The number of carboxylic acids is 1. The lowest BCUT2D eigenvalue weighted by Gasteiger charge is -2.20. The molecule has 0 spiro atoms. The van der Waals surface area contributed by atoms with Gasteiger partial charge in [-0.25, -0.2) is 4.79 Å². The van der Waals surface area contributed by atoms with E-state index in [9.17, 15) is 14.4 Å². The number of hydrogen-bond donors (Lipinski definition) is 2. The van der Waals surface area contributed by atoms with Gasteiger partial charge in [-0.05, 0) is 55.3 Å². The van der Waals surface area contributed by atoms with Gasteiger partial charge in [0.15, 0.2) is 0 Å². The maximum absolute atomic E-state index is 12.6. The van der Waals surface area contributed by atoms with Crippen molar-refractivity contribution in [3.8, 4) is 0 Å². The number of benzene rings is 2. The van der Waals surface area contributed by atoms with Crippen molar-refractivity contribution in [1.29, 1.82) is 0 Å². The Morgan fingerprint density at radius 2 is 1.69 bits per heavy atom. The summed E-state index contributed by atoms with van der Waals surface area (Å²) in [5.74, 6) is -1.90. The summed E-state index contributed by atoms with van der Waals surface area (Å²) in [5.41, 5.74) is 2.47. The Morgan fingerprint density at radius 1 is 1.00 bits per heavy atom. The number of carboxylic acid groups (broad SMARTS) is 1. The summed E-state index contributed by atoms with van der Waals surface area (Å²) in [7, 11) is 0. The maximum Gasteiger partial charge on any atom is 0.335 e. The third-order valence-corrected chi connectivity index (χ3v) is 5.51. The van der Waals surface area contributed by atoms with Crippen LogP contribution in [0.5, 0.6) is 0 Å². The summed E-state index contributed by atoms with van der Waals surface area (Å²) >= 11 is 0. The summed E-state index contributed by atoms with van der Waals surface area (Å²) in [6.45, 7) is 2.44. The Morgan fingerprint density at radius 3 is 2.38 bits per heavy atom. The Hall–Kier alpha value is -3.35. The molecule has 2 aliphatic heterocycles. The molecule has 1 atom stereocenters. The van der Waals surface area contributed by atoms with Crippen molar-refractivity contribution in [2.75, 3.05) is 34.8 Å².